The molecule has 0 unspecified atom stereocenters. The van der Waals surface area contributed by atoms with E-state index in [-0.39, 0.29) is 0 Å². The van der Waals surface area contributed by atoms with E-state index in [9.17, 15) is 0 Å². The van der Waals surface area contributed by atoms with Gasteiger partial charge in [0.05, 0.1) is 0 Å². The molecule has 0 aliphatic carbocycles. The minimum absolute atomic E-state index is 0.291. The second kappa shape index (κ2) is 5.61. The zero-order valence-electron chi connectivity index (χ0n) is 11.4. The Morgan fingerprint density at radius 1 is 0.950 bits per heavy atom. The van der Waals surface area contributed by atoms with Gasteiger partial charge in [-0.3, -0.25) is 0 Å². The van der Waals surface area contributed by atoms with Gasteiger partial charge in [0, 0.05) is 0 Å². The summed E-state index contributed by atoms with van der Waals surface area (Å²) >= 11 is 0.291. The molecular formula is C16H15N3Se. The molecule has 3 rings (SSSR count). The second-order valence-electron chi connectivity index (χ2n) is 4.54. The molecule has 3 aromatic rings. The zero-order valence-corrected chi connectivity index (χ0v) is 13.2. The Hall–Kier alpha value is -1.90. The van der Waals surface area contributed by atoms with Crippen LogP contribution < -0.4 is 4.72 Å². The summed E-state index contributed by atoms with van der Waals surface area (Å²) in [5.74, 6) is 3.05. The summed E-state index contributed by atoms with van der Waals surface area (Å²) in [5, 5.41) is 4.63. The molecule has 4 heteroatoms. The first-order valence-electron chi connectivity index (χ1n) is 6.41. The third kappa shape index (κ3) is 2.53. The number of aromatic nitrogens is 3. The number of hydrogen-bond donors (Lipinski definition) is 0. The van der Waals surface area contributed by atoms with Crippen molar-refractivity contribution in [3.8, 4) is 17.1 Å². The maximum atomic E-state index is 4.68. The third-order valence-corrected chi connectivity index (χ3v) is 4.21. The molecule has 1 aromatic heterocycles. The van der Waals surface area contributed by atoms with E-state index in [0.717, 1.165) is 21.8 Å². The summed E-state index contributed by atoms with van der Waals surface area (Å²) in [7, 11) is 0. The van der Waals surface area contributed by atoms with E-state index in [1.54, 1.807) is 0 Å². The normalized spacial score (nSPS) is 10.7. The van der Waals surface area contributed by atoms with Gasteiger partial charge in [-0.25, -0.2) is 0 Å². The molecule has 0 radical (unpaired) electrons. The first-order valence-corrected chi connectivity index (χ1v) is 8.98. The van der Waals surface area contributed by atoms with Gasteiger partial charge in [-0.1, -0.05) is 0 Å². The van der Waals surface area contributed by atoms with Crippen LogP contribution in [0.2, 0.25) is 5.82 Å². The van der Waals surface area contributed by atoms with Crippen molar-refractivity contribution in [3.63, 3.8) is 0 Å². The second-order valence-corrected chi connectivity index (χ2v) is 6.16. The fourth-order valence-electron chi connectivity index (χ4n) is 2.02. The summed E-state index contributed by atoms with van der Waals surface area (Å²) < 4.78 is 2.86. The monoisotopic (exact) mass is 329 g/mol. The zero-order chi connectivity index (χ0) is 13.9. The van der Waals surface area contributed by atoms with Crippen molar-refractivity contribution in [2.45, 2.75) is 12.7 Å². The molecule has 0 atom stereocenters. The van der Waals surface area contributed by atoms with Crippen LogP contribution in [0.4, 0.5) is 0 Å². The molecule has 0 spiro atoms. The molecule has 1 heterocycles. The molecule has 0 saturated heterocycles. The Balaban J connectivity index is 2.15. The Labute approximate surface area is 124 Å². The Bertz CT molecular complexity index is 702. The first kappa shape index (κ1) is 13.1. The molecule has 0 saturated carbocycles. The predicted octanol–water partition coefficient (Wildman–Crippen LogP) is 2.62. The standard InChI is InChI=1S/C16H15N3Se/c1-12-8-10-13(11-9-12)15-17-16(20-2)18-19(15)14-6-4-3-5-7-14/h3-11H,1-2H3. The van der Waals surface area contributed by atoms with Gasteiger partial charge in [0.15, 0.2) is 0 Å². The number of benzene rings is 2. The van der Waals surface area contributed by atoms with Gasteiger partial charge in [0.25, 0.3) is 0 Å². The van der Waals surface area contributed by atoms with E-state index in [0.29, 0.717) is 15.0 Å². The first-order chi connectivity index (χ1) is 9.78. The molecule has 2 aromatic carbocycles. The van der Waals surface area contributed by atoms with Gasteiger partial charge >= 0.3 is 124 Å². The molecule has 0 aliphatic heterocycles. The number of rotatable bonds is 3. The van der Waals surface area contributed by atoms with Gasteiger partial charge < -0.3 is 0 Å². The van der Waals surface area contributed by atoms with Crippen molar-refractivity contribution in [1.29, 1.82) is 0 Å². The van der Waals surface area contributed by atoms with Crippen molar-refractivity contribution in [2.75, 3.05) is 0 Å². The summed E-state index contributed by atoms with van der Waals surface area (Å²) in [5.41, 5.74) is 3.40. The van der Waals surface area contributed by atoms with Gasteiger partial charge in [0.2, 0.25) is 0 Å². The third-order valence-electron chi connectivity index (χ3n) is 3.08. The van der Waals surface area contributed by atoms with E-state index < -0.39 is 0 Å². The van der Waals surface area contributed by atoms with Crippen LogP contribution in [0.1, 0.15) is 5.56 Å². The summed E-state index contributed by atoms with van der Waals surface area (Å²) in [6, 6.07) is 18.6. The predicted molar refractivity (Wildman–Crippen MR) is 82.8 cm³/mol. The van der Waals surface area contributed by atoms with Crippen LogP contribution in [0.25, 0.3) is 17.1 Å². The SMILES string of the molecule is C[Se]c1nc(-c2ccc(C)cc2)n(-c2ccccc2)n1. The van der Waals surface area contributed by atoms with Crippen molar-refractivity contribution >= 4 is 19.7 Å². The van der Waals surface area contributed by atoms with Crippen LogP contribution in [0.15, 0.2) is 54.6 Å². The fourth-order valence-corrected chi connectivity index (χ4v) is 2.73. The van der Waals surface area contributed by atoms with Crippen molar-refractivity contribution in [3.05, 3.63) is 60.2 Å². The average Bonchev–Trinajstić information content (AvgIpc) is 2.93. The molecule has 0 fully saturated rings. The Morgan fingerprint density at radius 2 is 1.65 bits per heavy atom. The van der Waals surface area contributed by atoms with Gasteiger partial charge in [-0.05, 0) is 0 Å². The molecule has 100 valence electrons. The van der Waals surface area contributed by atoms with Crippen LogP contribution in [-0.2, 0) is 0 Å². The van der Waals surface area contributed by atoms with Gasteiger partial charge in [-0.2, -0.15) is 0 Å². The van der Waals surface area contributed by atoms with E-state index in [2.05, 4.69) is 59.2 Å². The quantitative estimate of drug-likeness (QED) is 0.692. The van der Waals surface area contributed by atoms with Gasteiger partial charge in [0.1, 0.15) is 0 Å². The number of nitrogens with zero attached hydrogens (tertiary/aromatic N) is 3. The van der Waals surface area contributed by atoms with Crippen LogP contribution >= 0.6 is 0 Å². The molecule has 0 N–H and O–H groups in total. The van der Waals surface area contributed by atoms with Crippen LogP contribution in [0, 0.1) is 6.92 Å². The number of aryl methyl sites for hydroxylation is 1. The Morgan fingerprint density at radius 3 is 2.30 bits per heavy atom. The fraction of sp³-hybridized carbons (Fsp3) is 0.125. The van der Waals surface area contributed by atoms with Crippen molar-refractivity contribution in [1.82, 2.24) is 14.8 Å². The van der Waals surface area contributed by atoms with E-state index in [1.165, 1.54) is 5.56 Å². The maximum absolute atomic E-state index is 4.68. The van der Waals surface area contributed by atoms with E-state index >= 15 is 0 Å². The number of para-hydroxylation sites is 1. The molecule has 20 heavy (non-hydrogen) atoms. The molecule has 0 bridgehead atoms. The minimum atomic E-state index is 0.291. The van der Waals surface area contributed by atoms with E-state index in [1.807, 2.05) is 22.9 Å². The van der Waals surface area contributed by atoms with Crippen molar-refractivity contribution < 1.29 is 0 Å². The topological polar surface area (TPSA) is 30.7 Å². The van der Waals surface area contributed by atoms with Crippen LogP contribution in [0.5, 0.6) is 0 Å². The molecule has 0 aliphatic rings. The van der Waals surface area contributed by atoms with Crippen LogP contribution in [-0.4, -0.2) is 29.7 Å². The summed E-state index contributed by atoms with van der Waals surface area (Å²) in [6.07, 6.45) is 0. The van der Waals surface area contributed by atoms with Crippen molar-refractivity contribution in [2.24, 2.45) is 0 Å². The number of hydrogen-bond acceptors (Lipinski definition) is 2. The molecule has 0 amide bonds. The average molecular weight is 328 g/mol. The Kier molecular flexibility index (Phi) is 3.68. The van der Waals surface area contributed by atoms with E-state index in [4.69, 9.17) is 0 Å². The molecule has 3 nitrogen and oxygen atoms in total. The van der Waals surface area contributed by atoms with Gasteiger partial charge in [-0.15, -0.1) is 0 Å². The summed E-state index contributed by atoms with van der Waals surface area (Å²) in [6.45, 7) is 2.09. The molecular weight excluding hydrogens is 313 g/mol. The van der Waals surface area contributed by atoms with Crippen LogP contribution in [0.3, 0.4) is 0 Å². The summed E-state index contributed by atoms with van der Waals surface area (Å²) in [4.78, 5) is 4.68.